The highest BCUT2D eigenvalue weighted by atomic mass is 15.2. The molecular formula is C14H16N4. The van der Waals surface area contributed by atoms with Crippen LogP contribution in [0.3, 0.4) is 0 Å². The van der Waals surface area contributed by atoms with Crippen LogP contribution in [-0.2, 0) is 0 Å². The Kier molecular flexibility index (Phi) is 3.19. The predicted molar refractivity (Wildman–Crippen MR) is 72.6 cm³/mol. The minimum Gasteiger partial charge on any atom is -0.354 e. The summed E-state index contributed by atoms with van der Waals surface area (Å²) in [5.74, 6) is 1.07. The van der Waals surface area contributed by atoms with E-state index < -0.39 is 0 Å². The highest BCUT2D eigenvalue weighted by Crippen LogP contribution is 2.28. The lowest BCUT2D eigenvalue weighted by molar-refractivity contribution is 0.585. The second kappa shape index (κ2) is 5.14. The number of hydrogen-bond acceptors (Lipinski definition) is 4. The summed E-state index contributed by atoms with van der Waals surface area (Å²) in [5, 5.41) is 3.36. The first-order valence-electron chi connectivity index (χ1n) is 6.26. The van der Waals surface area contributed by atoms with Crippen LogP contribution in [0.15, 0.2) is 42.9 Å². The molecule has 0 saturated carbocycles. The summed E-state index contributed by atoms with van der Waals surface area (Å²) < 4.78 is 0. The summed E-state index contributed by atoms with van der Waals surface area (Å²) in [5.41, 5.74) is 2.36. The number of piperazine rings is 1. The molecule has 1 fully saturated rings. The standard InChI is InChI=1S/C14H16N4/c1-2-13(12-3-6-15-7-4-12)14(17-5-1)18-10-8-16-9-11-18/h1-7,16H,8-11H2. The first-order valence-corrected chi connectivity index (χ1v) is 6.26. The highest BCUT2D eigenvalue weighted by Gasteiger charge is 2.15. The number of nitrogens with one attached hydrogen (secondary N) is 1. The fraction of sp³-hybridized carbons (Fsp3) is 0.286. The van der Waals surface area contributed by atoms with Crippen molar-refractivity contribution < 1.29 is 0 Å². The average Bonchev–Trinajstić information content (AvgIpc) is 2.49. The topological polar surface area (TPSA) is 41.1 Å². The third-order valence-corrected chi connectivity index (χ3v) is 3.19. The van der Waals surface area contributed by atoms with Crippen molar-refractivity contribution in [3.63, 3.8) is 0 Å². The van der Waals surface area contributed by atoms with Gasteiger partial charge in [-0.25, -0.2) is 4.98 Å². The molecule has 2 aromatic heterocycles. The molecule has 0 amide bonds. The van der Waals surface area contributed by atoms with E-state index >= 15 is 0 Å². The van der Waals surface area contributed by atoms with Gasteiger partial charge in [0, 0.05) is 50.3 Å². The number of anilines is 1. The Balaban J connectivity index is 1.99. The molecule has 1 saturated heterocycles. The second-order valence-electron chi connectivity index (χ2n) is 4.35. The number of pyridine rings is 2. The van der Waals surface area contributed by atoms with Gasteiger partial charge in [0.1, 0.15) is 5.82 Å². The molecule has 4 heteroatoms. The van der Waals surface area contributed by atoms with E-state index in [1.807, 2.05) is 36.8 Å². The molecule has 92 valence electrons. The van der Waals surface area contributed by atoms with Crippen LogP contribution in [0.2, 0.25) is 0 Å². The summed E-state index contributed by atoms with van der Waals surface area (Å²) in [6.07, 6.45) is 5.51. The van der Waals surface area contributed by atoms with Crippen molar-refractivity contribution in [1.29, 1.82) is 0 Å². The molecule has 1 aliphatic rings. The molecule has 1 aliphatic heterocycles. The Morgan fingerprint density at radius 2 is 1.78 bits per heavy atom. The zero-order chi connectivity index (χ0) is 12.2. The van der Waals surface area contributed by atoms with Crippen molar-refractivity contribution in [3.05, 3.63) is 42.9 Å². The SMILES string of the molecule is c1cnc(N2CCNCC2)c(-c2ccncc2)c1. The molecule has 1 N–H and O–H groups in total. The summed E-state index contributed by atoms with van der Waals surface area (Å²) >= 11 is 0. The molecule has 0 bridgehead atoms. The van der Waals surface area contributed by atoms with E-state index in [2.05, 4.69) is 26.3 Å². The minimum absolute atomic E-state index is 1.01. The van der Waals surface area contributed by atoms with Gasteiger partial charge in [0.05, 0.1) is 0 Å². The highest BCUT2D eigenvalue weighted by molar-refractivity contribution is 5.75. The Hall–Kier alpha value is -1.94. The van der Waals surface area contributed by atoms with Crippen molar-refractivity contribution in [1.82, 2.24) is 15.3 Å². The molecule has 0 atom stereocenters. The van der Waals surface area contributed by atoms with E-state index in [-0.39, 0.29) is 0 Å². The van der Waals surface area contributed by atoms with E-state index in [0.717, 1.165) is 32.0 Å². The van der Waals surface area contributed by atoms with Gasteiger partial charge >= 0.3 is 0 Å². The van der Waals surface area contributed by atoms with Crippen molar-refractivity contribution in [2.24, 2.45) is 0 Å². The largest absolute Gasteiger partial charge is 0.354 e. The first kappa shape index (κ1) is 11.2. The lowest BCUT2D eigenvalue weighted by atomic mass is 10.1. The van der Waals surface area contributed by atoms with Crippen molar-refractivity contribution >= 4 is 5.82 Å². The molecule has 2 aromatic rings. The summed E-state index contributed by atoms with van der Waals surface area (Å²) in [6.45, 7) is 4.06. The van der Waals surface area contributed by atoms with Gasteiger partial charge in [-0.15, -0.1) is 0 Å². The molecule has 0 spiro atoms. The third kappa shape index (κ3) is 2.19. The number of nitrogens with zero attached hydrogens (tertiary/aromatic N) is 3. The lowest BCUT2D eigenvalue weighted by Gasteiger charge is -2.30. The molecule has 0 aromatic carbocycles. The molecule has 18 heavy (non-hydrogen) atoms. The van der Waals surface area contributed by atoms with Crippen LogP contribution in [0.5, 0.6) is 0 Å². The zero-order valence-corrected chi connectivity index (χ0v) is 10.2. The van der Waals surface area contributed by atoms with Crippen LogP contribution in [0.1, 0.15) is 0 Å². The third-order valence-electron chi connectivity index (χ3n) is 3.19. The second-order valence-corrected chi connectivity index (χ2v) is 4.35. The van der Waals surface area contributed by atoms with E-state index in [9.17, 15) is 0 Å². The quantitative estimate of drug-likeness (QED) is 0.864. The Bertz CT molecular complexity index is 506. The molecule has 3 rings (SSSR count). The van der Waals surface area contributed by atoms with Gasteiger partial charge in [0.2, 0.25) is 0 Å². The molecule has 0 radical (unpaired) electrons. The van der Waals surface area contributed by atoms with Crippen LogP contribution < -0.4 is 10.2 Å². The van der Waals surface area contributed by atoms with Gasteiger partial charge < -0.3 is 10.2 Å². The molecule has 0 unspecified atom stereocenters. The van der Waals surface area contributed by atoms with Gasteiger partial charge in [0.15, 0.2) is 0 Å². The number of hydrogen-bond donors (Lipinski definition) is 1. The Morgan fingerprint density at radius 3 is 2.56 bits per heavy atom. The molecule has 0 aliphatic carbocycles. The number of rotatable bonds is 2. The van der Waals surface area contributed by atoms with Crippen LogP contribution in [0.4, 0.5) is 5.82 Å². The number of aromatic nitrogens is 2. The Morgan fingerprint density at radius 1 is 1.00 bits per heavy atom. The normalized spacial score (nSPS) is 15.7. The fourth-order valence-electron chi connectivity index (χ4n) is 2.28. The van der Waals surface area contributed by atoms with Crippen LogP contribution in [-0.4, -0.2) is 36.1 Å². The van der Waals surface area contributed by atoms with Crippen LogP contribution in [0, 0.1) is 0 Å². The summed E-state index contributed by atoms with van der Waals surface area (Å²) in [6, 6.07) is 8.17. The van der Waals surface area contributed by atoms with Gasteiger partial charge in [0.25, 0.3) is 0 Å². The minimum atomic E-state index is 1.01. The maximum Gasteiger partial charge on any atom is 0.136 e. The fourth-order valence-corrected chi connectivity index (χ4v) is 2.28. The van der Waals surface area contributed by atoms with E-state index in [1.54, 1.807) is 0 Å². The summed E-state index contributed by atoms with van der Waals surface area (Å²) in [7, 11) is 0. The molecule has 3 heterocycles. The summed E-state index contributed by atoms with van der Waals surface area (Å²) in [4.78, 5) is 11.0. The maximum absolute atomic E-state index is 4.56. The zero-order valence-electron chi connectivity index (χ0n) is 10.2. The predicted octanol–water partition coefficient (Wildman–Crippen LogP) is 1.55. The van der Waals surface area contributed by atoms with E-state index in [4.69, 9.17) is 0 Å². The van der Waals surface area contributed by atoms with Crippen molar-refractivity contribution in [2.75, 3.05) is 31.1 Å². The van der Waals surface area contributed by atoms with Gasteiger partial charge in [-0.2, -0.15) is 0 Å². The van der Waals surface area contributed by atoms with Gasteiger partial charge in [-0.1, -0.05) is 0 Å². The van der Waals surface area contributed by atoms with E-state index in [0.29, 0.717) is 0 Å². The average molecular weight is 240 g/mol. The molecule has 4 nitrogen and oxygen atoms in total. The Labute approximate surface area is 107 Å². The first-order chi connectivity index (χ1) is 8.95. The van der Waals surface area contributed by atoms with Crippen molar-refractivity contribution in [2.45, 2.75) is 0 Å². The van der Waals surface area contributed by atoms with E-state index in [1.165, 1.54) is 11.1 Å². The monoisotopic (exact) mass is 240 g/mol. The lowest BCUT2D eigenvalue weighted by Crippen LogP contribution is -2.44. The molecular weight excluding hydrogens is 224 g/mol. The maximum atomic E-state index is 4.56. The van der Waals surface area contributed by atoms with Crippen molar-refractivity contribution in [3.8, 4) is 11.1 Å². The van der Waals surface area contributed by atoms with Gasteiger partial charge in [-0.05, 0) is 29.8 Å². The van der Waals surface area contributed by atoms with Gasteiger partial charge in [-0.3, -0.25) is 4.98 Å². The smallest absolute Gasteiger partial charge is 0.136 e. The van der Waals surface area contributed by atoms with Crippen LogP contribution >= 0.6 is 0 Å². The van der Waals surface area contributed by atoms with Crippen LogP contribution in [0.25, 0.3) is 11.1 Å².